The molecule has 7 heteroatoms. The maximum Gasteiger partial charge on any atom is 0.416 e. The van der Waals surface area contributed by atoms with Crippen molar-refractivity contribution in [2.75, 3.05) is 11.1 Å². The molecule has 20 heavy (non-hydrogen) atoms. The van der Waals surface area contributed by atoms with Gasteiger partial charge in [-0.05, 0) is 35.9 Å². The number of anilines is 2. The van der Waals surface area contributed by atoms with Crippen LogP contribution in [-0.2, 0) is 11.0 Å². The first-order chi connectivity index (χ1) is 9.25. The summed E-state index contributed by atoms with van der Waals surface area (Å²) in [5, 5.41) is 3.15. The summed E-state index contributed by atoms with van der Waals surface area (Å²) in [6.07, 6.45) is -4.44. The minimum Gasteiger partial charge on any atom is -0.399 e. The highest BCUT2D eigenvalue weighted by Crippen LogP contribution is 2.37. The molecule has 2 aromatic rings. The van der Waals surface area contributed by atoms with E-state index >= 15 is 0 Å². The summed E-state index contributed by atoms with van der Waals surface area (Å²) in [6, 6.07) is 6.69. The van der Waals surface area contributed by atoms with Crippen molar-refractivity contribution in [3.63, 3.8) is 0 Å². The molecular formula is C13H11F3N2OS. The Morgan fingerprint density at radius 1 is 1.25 bits per heavy atom. The number of amides is 1. The molecular weight excluding hydrogens is 289 g/mol. The zero-order valence-corrected chi connectivity index (χ0v) is 11.2. The maximum absolute atomic E-state index is 12.7. The van der Waals surface area contributed by atoms with Crippen molar-refractivity contribution >= 4 is 27.9 Å². The second-order valence-electron chi connectivity index (χ2n) is 4.19. The standard InChI is InChI=1S/C13H11F3N2OS/c1-7(19)18-12-3-2-11(20-12)8-4-9(13(14,15)16)6-10(17)5-8/h2-6H,17H2,1H3,(H,18,19). The van der Waals surface area contributed by atoms with Gasteiger partial charge in [0, 0.05) is 17.5 Å². The Bertz CT molecular complexity index is 649. The van der Waals surface area contributed by atoms with Gasteiger partial charge in [-0.2, -0.15) is 13.2 Å². The Labute approximate surface area is 117 Å². The third-order valence-electron chi connectivity index (χ3n) is 2.47. The minimum absolute atomic E-state index is 0.0457. The summed E-state index contributed by atoms with van der Waals surface area (Å²) in [5.74, 6) is -0.234. The number of nitrogens with one attached hydrogen (secondary N) is 1. The lowest BCUT2D eigenvalue weighted by Crippen LogP contribution is -2.05. The van der Waals surface area contributed by atoms with E-state index in [4.69, 9.17) is 5.73 Å². The van der Waals surface area contributed by atoms with E-state index in [-0.39, 0.29) is 11.6 Å². The van der Waals surface area contributed by atoms with Gasteiger partial charge in [-0.25, -0.2) is 0 Å². The highest BCUT2D eigenvalue weighted by molar-refractivity contribution is 7.19. The van der Waals surface area contributed by atoms with Crippen LogP contribution in [0.3, 0.4) is 0 Å². The molecule has 0 bridgehead atoms. The average Bonchev–Trinajstić information content (AvgIpc) is 2.74. The summed E-state index contributed by atoms with van der Waals surface area (Å²) >= 11 is 1.19. The molecule has 0 aliphatic carbocycles. The lowest BCUT2D eigenvalue weighted by atomic mass is 10.1. The molecule has 0 unspecified atom stereocenters. The van der Waals surface area contributed by atoms with Gasteiger partial charge >= 0.3 is 6.18 Å². The zero-order chi connectivity index (χ0) is 14.9. The summed E-state index contributed by atoms with van der Waals surface area (Å²) in [7, 11) is 0. The van der Waals surface area contributed by atoms with E-state index in [1.165, 1.54) is 24.3 Å². The normalized spacial score (nSPS) is 11.4. The molecule has 0 saturated heterocycles. The molecule has 0 fully saturated rings. The quantitative estimate of drug-likeness (QED) is 0.824. The van der Waals surface area contributed by atoms with E-state index in [0.29, 0.717) is 15.4 Å². The van der Waals surface area contributed by atoms with E-state index in [1.54, 1.807) is 12.1 Å². The molecule has 1 aromatic heterocycles. The first kappa shape index (κ1) is 14.4. The van der Waals surface area contributed by atoms with Crippen LogP contribution in [0, 0.1) is 0 Å². The predicted octanol–water partition coefficient (Wildman–Crippen LogP) is 3.97. The first-order valence-electron chi connectivity index (χ1n) is 5.61. The second-order valence-corrected chi connectivity index (χ2v) is 5.27. The summed E-state index contributed by atoms with van der Waals surface area (Å²) in [6.45, 7) is 1.36. The molecule has 1 amide bonds. The van der Waals surface area contributed by atoms with E-state index in [9.17, 15) is 18.0 Å². The SMILES string of the molecule is CC(=O)Nc1ccc(-c2cc(N)cc(C(F)(F)F)c2)s1. The van der Waals surface area contributed by atoms with Crippen LogP contribution in [0.25, 0.3) is 10.4 Å². The van der Waals surface area contributed by atoms with Crippen molar-refractivity contribution in [2.24, 2.45) is 0 Å². The van der Waals surface area contributed by atoms with Gasteiger partial charge in [-0.15, -0.1) is 11.3 Å². The molecule has 0 radical (unpaired) electrons. The predicted molar refractivity (Wildman–Crippen MR) is 73.5 cm³/mol. The second kappa shape index (κ2) is 5.16. The fourth-order valence-electron chi connectivity index (χ4n) is 1.69. The Morgan fingerprint density at radius 3 is 2.55 bits per heavy atom. The highest BCUT2D eigenvalue weighted by atomic mass is 32.1. The number of halogens is 3. The van der Waals surface area contributed by atoms with Crippen molar-refractivity contribution in [2.45, 2.75) is 13.1 Å². The van der Waals surface area contributed by atoms with Crippen LogP contribution < -0.4 is 11.1 Å². The Balaban J connectivity index is 2.40. The molecule has 0 spiro atoms. The van der Waals surface area contributed by atoms with E-state index in [1.807, 2.05) is 0 Å². The lowest BCUT2D eigenvalue weighted by molar-refractivity contribution is -0.137. The van der Waals surface area contributed by atoms with Crippen molar-refractivity contribution in [1.29, 1.82) is 0 Å². The van der Waals surface area contributed by atoms with E-state index < -0.39 is 11.7 Å². The fraction of sp³-hybridized carbons (Fsp3) is 0.154. The zero-order valence-electron chi connectivity index (χ0n) is 10.4. The van der Waals surface area contributed by atoms with Crippen LogP contribution in [0.2, 0.25) is 0 Å². The number of carbonyl (C=O) groups is 1. The molecule has 0 saturated carbocycles. The van der Waals surface area contributed by atoms with Crippen LogP contribution in [0.1, 0.15) is 12.5 Å². The van der Waals surface area contributed by atoms with Crippen LogP contribution in [0.4, 0.5) is 23.9 Å². The number of nitrogen functional groups attached to an aromatic ring is 1. The van der Waals surface area contributed by atoms with Crippen molar-refractivity contribution < 1.29 is 18.0 Å². The number of alkyl halides is 3. The molecule has 0 aliphatic heterocycles. The third kappa shape index (κ3) is 3.30. The largest absolute Gasteiger partial charge is 0.416 e. The Morgan fingerprint density at radius 2 is 1.95 bits per heavy atom. The summed E-state index contributed by atoms with van der Waals surface area (Å²) in [4.78, 5) is 11.5. The highest BCUT2D eigenvalue weighted by Gasteiger charge is 2.31. The van der Waals surface area contributed by atoms with Crippen molar-refractivity contribution in [3.8, 4) is 10.4 Å². The fourth-order valence-corrected chi connectivity index (χ4v) is 2.63. The van der Waals surface area contributed by atoms with Gasteiger partial charge in [-0.3, -0.25) is 4.79 Å². The number of nitrogens with two attached hydrogens (primary N) is 1. The van der Waals surface area contributed by atoms with E-state index in [2.05, 4.69) is 5.32 Å². The van der Waals surface area contributed by atoms with Gasteiger partial charge in [0.1, 0.15) is 0 Å². The number of hydrogen-bond donors (Lipinski definition) is 2. The van der Waals surface area contributed by atoms with Gasteiger partial charge < -0.3 is 11.1 Å². The van der Waals surface area contributed by atoms with Crippen molar-refractivity contribution in [1.82, 2.24) is 0 Å². The summed E-state index contributed by atoms with van der Waals surface area (Å²) in [5.41, 5.74) is 5.15. The number of thiophene rings is 1. The Hall–Kier alpha value is -2.02. The monoisotopic (exact) mass is 300 g/mol. The smallest absolute Gasteiger partial charge is 0.399 e. The molecule has 0 aliphatic rings. The minimum atomic E-state index is -4.44. The third-order valence-corrected chi connectivity index (χ3v) is 3.52. The van der Waals surface area contributed by atoms with Crippen LogP contribution in [0.15, 0.2) is 30.3 Å². The van der Waals surface area contributed by atoms with Crippen molar-refractivity contribution in [3.05, 3.63) is 35.9 Å². The maximum atomic E-state index is 12.7. The van der Waals surface area contributed by atoms with Crippen LogP contribution in [0.5, 0.6) is 0 Å². The number of benzene rings is 1. The first-order valence-corrected chi connectivity index (χ1v) is 6.43. The molecule has 1 aromatic carbocycles. The van der Waals surface area contributed by atoms with Crippen LogP contribution in [-0.4, -0.2) is 5.91 Å². The lowest BCUT2D eigenvalue weighted by Gasteiger charge is -2.09. The molecule has 0 atom stereocenters. The van der Waals surface area contributed by atoms with Crippen LogP contribution >= 0.6 is 11.3 Å². The van der Waals surface area contributed by atoms with Gasteiger partial charge in [-0.1, -0.05) is 0 Å². The topological polar surface area (TPSA) is 55.1 Å². The molecule has 3 nitrogen and oxygen atoms in total. The molecule has 2 rings (SSSR count). The molecule has 1 heterocycles. The average molecular weight is 300 g/mol. The van der Waals surface area contributed by atoms with Gasteiger partial charge in [0.15, 0.2) is 0 Å². The number of rotatable bonds is 2. The van der Waals surface area contributed by atoms with Gasteiger partial charge in [0.05, 0.1) is 10.6 Å². The Kier molecular flexibility index (Phi) is 3.71. The molecule has 3 N–H and O–H groups in total. The number of carbonyl (C=O) groups excluding carboxylic acids is 1. The summed E-state index contributed by atoms with van der Waals surface area (Å²) < 4.78 is 38.2. The van der Waals surface area contributed by atoms with Gasteiger partial charge in [0.2, 0.25) is 5.91 Å². The van der Waals surface area contributed by atoms with Gasteiger partial charge in [0.25, 0.3) is 0 Å². The van der Waals surface area contributed by atoms with E-state index in [0.717, 1.165) is 12.1 Å². The molecule has 106 valence electrons. The number of hydrogen-bond acceptors (Lipinski definition) is 3.